The molecule has 5 heteroatoms. The van der Waals surface area contributed by atoms with Gasteiger partial charge in [0.15, 0.2) is 17.2 Å². The molecule has 3 aromatic rings. The van der Waals surface area contributed by atoms with Crippen LogP contribution in [0.4, 0.5) is 4.39 Å². The molecule has 0 saturated carbocycles. The Bertz CT molecular complexity index is 759. The highest BCUT2D eigenvalue weighted by molar-refractivity contribution is 5.82. The maximum Gasteiger partial charge on any atom is 0.170 e. The van der Waals surface area contributed by atoms with Crippen molar-refractivity contribution in [1.82, 2.24) is 14.9 Å². The van der Waals surface area contributed by atoms with Crippen molar-refractivity contribution in [3.63, 3.8) is 0 Å². The quantitative estimate of drug-likeness (QED) is 0.728. The second-order valence-corrected chi connectivity index (χ2v) is 4.66. The van der Waals surface area contributed by atoms with Crippen molar-refractivity contribution in [2.24, 2.45) is 0 Å². The molecule has 0 amide bonds. The zero-order valence-electron chi connectivity index (χ0n) is 10.2. The van der Waals surface area contributed by atoms with Crippen molar-refractivity contribution in [2.45, 2.75) is 13.1 Å². The highest BCUT2D eigenvalue weighted by atomic mass is 19.1. The van der Waals surface area contributed by atoms with Gasteiger partial charge >= 0.3 is 0 Å². The van der Waals surface area contributed by atoms with E-state index in [1.807, 2.05) is 12.1 Å². The first-order valence-electron chi connectivity index (χ1n) is 6.26. The molecular weight excluding hydrogens is 245 g/mol. The second kappa shape index (κ2) is 3.93. The summed E-state index contributed by atoms with van der Waals surface area (Å²) in [7, 11) is 0. The zero-order valence-corrected chi connectivity index (χ0v) is 10.2. The number of nitrogens with zero attached hydrogens (tertiary/aromatic N) is 2. The molecule has 4 rings (SSSR count). The van der Waals surface area contributed by atoms with Crippen molar-refractivity contribution in [3.05, 3.63) is 42.1 Å². The van der Waals surface area contributed by atoms with Gasteiger partial charge in [0.1, 0.15) is 11.5 Å². The van der Waals surface area contributed by atoms with Gasteiger partial charge in [0.25, 0.3) is 0 Å². The van der Waals surface area contributed by atoms with Gasteiger partial charge in [-0.1, -0.05) is 12.1 Å². The Morgan fingerprint density at radius 3 is 3.21 bits per heavy atom. The van der Waals surface area contributed by atoms with E-state index in [4.69, 9.17) is 4.42 Å². The number of fused-ring (bicyclic) bond motifs is 2. The highest BCUT2D eigenvalue weighted by Crippen LogP contribution is 2.30. The van der Waals surface area contributed by atoms with Crippen LogP contribution < -0.4 is 5.32 Å². The van der Waals surface area contributed by atoms with E-state index in [2.05, 4.69) is 14.9 Å². The number of imidazole rings is 1. The molecule has 1 N–H and O–H groups in total. The zero-order chi connectivity index (χ0) is 12.8. The van der Waals surface area contributed by atoms with Crippen LogP contribution in [0.3, 0.4) is 0 Å². The lowest BCUT2D eigenvalue weighted by Gasteiger charge is -2.16. The third-order valence-corrected chi connectivity index (χ3v) is 3.48. The number of rotatable bonds is 1. The smallest absolute Gasteiger partial charge is 0.170 e. The van der Waals surface area contributed by atoms with Crippen LogP contribution in [0, 0.1) is 5.82 Å². The number of benzene rings is 1. The number of furan rings is 1. The van der Waals surface area contributed by atoms with E-state index in [9.17, 15) is 4.39 Å². The molecule has 0 atom stereocenters. The summed E-state index contributed by atoms with van der Waals surface area (Å²) in [5.74, 6) is 1.33. The second-order valence-electron chi connectivity index (χ2n) is 4.66. The maximum absolute atomic E-state index is 13.7. The molecule has 19 heavy (non-hydrogen) atoms. The lowest BCUT2D eigenvalue weighted by Crippen LogP contribution is -2.28. The van der Waals surface area contributed by atoms with Crippen molar-refractivity contribution in [3.8, 4) is 11.5 Å². The predicted molar refractivity (Wildman–Crippen MR) is 69.1 cm³/mol. The molecule has 1 aromatic carbocycles. The van der Waals surface area contributed by atoms with Gasteiger partial charge in [-0.25, -0.2) is 9.37 Å². The minimum absolute atomic E-state index is 0.307. The fourth-order valence-electron chi connectivity index (χ4n) is 2.55. The highest BCUT2D eigenvalue weighted by Gasteiger charge is 2.18. The fourth-order valence-corrected chi connectivity index (χ4v) is 2.55. The number of hydrogen-bond donors (Lipinski definition) is 1. The fraction of sp³-hybridized carbons (Fsp3) is 0.214. The monoisotopic (exact) mass is 257 g/mol. The van der Waals surface area contributed by atoms with Crippen LogP contribution in [0.15, 0.2) is 34.9 Å². The summed E-state index contributed by atoms with van der Waals surface area (Å²) in [5.41, 5.74) is 1.22. The summed E-state index contributed by atoms with van der Waals surface area (Å²) < 4.78 is 21.4. The Morgan fingerprint density at radius 1 is 1.37 bits per heavy atom. The third-order valence-electron chi connectivity index (χ3n) is 3.48. The normalized spacial score (nSPS) is 14.8. The molecule has 2 aromatic heterocycles. The van der Waals surface area contributed by atoms with Crippen molar-refractivity contribution >= 4 is 11.0 Å². The average molecular weight is 257 g/mol. The Balaban J connectivity index is 1.90. The van der Waals surface area contributed by atoms with E-state index in [-0.39, 0.29) is 5.82 Å². The molecule has 1 aliphatic heterocycles. The van der Waals surface area contributed by atoms with Crippen molar-refractivity contribution in [1.29, 1.82) is 0 Å². The molecular formula is C14H12FN3O. The topological polar surface area (TPSA) is 43.0 Å². The van der Waals surface area contributed by atoms with E-state index in [1.54, 1.807) is 12.3 Å². The van der Waals surface area contributed by atoms with Crippen LogP contribution in [-0.4, -0.2) is 16.1 Å². The summed E-state index contributed by atoms with van der Waals surface area (Å²) in [5, 5.41) is 4.04. The van der Waals surface area contributed by atoms with Crippen LogP contribution in [0.1, 0.15) is 5.82 Å². The molecule has 0 fully saturated rings. The number of aromatic nitrogens is 2. The first kappa shape index (κ1) is 10.8. The van der Waals surface area contributed by atoms with Gasteiger partial charge in [-0.05, 0) is 12.1 Å². The molecule has 0 saturated heterocycles. The minimum atomic E-state index is -0.330. The maximum atomic E-state index is 13.7. The van der Waals surface area contributed by atoms with Gasteiger partial charge < -0.3 is 14.3 Å². The lowest BCUT2D eigenvalue weighted by atomic mass is 10.2. The predicted octanol–water partition coefficient (Wildman–Crippen LogP) is 2.54. The van der Waals surface area contributed by atoms with E-state index in [1.165, 1.54) is 6.07 Å². The molecule has 0 radical (unpaired) electrons. The lowest BCUT2D eigenvalue weighted by molar-refractivity contribution is 0.501. The van der Waals surface area contributed by atoms with Crippen molar-refractivity contribution < 1.29 is 8.81 Å². The molecule has 0 aliphatic carbocycles. The van der Waals surface area contributed by atoms with Gasteiger partial charge in [0, 0.05) is 18.5 Å². The van der Waals surface area contributed by atoms with Gasteiger partial charge in [0.05, 0.1) is 12.7 Å². The largest absolute Gasteiger partial charge is 0.451 e. The molecule has 3 heterocycles. The first-order chi connectivity index (χ1) is 9.33. The molecule has 0 bridgehead atoms. The van der Waals surface area contributed by atoms with Gasteiger partial charge in [-0.2, -0.15) is 0 Å². The van der Waals surface area contributed by atoms with Gasteiger partial charge in [-0.3, -0.25) is 0 Å². The molecule has 96 valence electrons. The minimum Gasteiger partial charge on any atom is -0.451 e. The summed E-state index contributed by atoms with van der Waals surface area (Å²) in [4.78, 5) is 4.37. The molecule has 0 unspecified atom stereocenters. The Morgan fingerprint density at radius 2 is 2.32 bits per heavy atom. The standard InChI is InChI=1S/C14H12FN3O/c15-10-3-1-2-9-6-12(19-14(9)10)11-7-17-13-8-16-4-5-18(11)13/h1-3,6-7,16H,4-5,8H2. The molecule has 0 spiro atoms. The van der Waals surface area contributed by atoms with Gasteiger partial charge in [0.2, 0.25) is 0 Å². The summed E-state index contributed by atoms with van der Waals surface area (Å²) >= 11 is 0. The van der Waals surface area contributed by atoms with Crippen LogP contribution in [0.5, 0.6) is 0 Å². The number of halogens is 1. The first-order valence-corrected chi connectivity index (χ1v) is 6.26. The Labute approximate surface area is 108 Å². The summed E-state index contributed by atoms with van der Waals surface area (Å²) in [6.07, 6.45) is 1.79. The van der Waals surface area contributed by atoms with Gasteiger partial charge in [-0.15, -0.1) is 0 Å². The SMILES string of the molecule is Fc1cccc2cc(-c3cnc4n3CCNC4)oc12. The van der Waals surface area contributed by atoms with E-state index < -0.39 is 0 Å². The Hall–Kier alpha value is -2.14. The summed E-state index contributed by atoms with van der Waals surface area (Å²) in [6, 6.07) is 6.81. The van der Waals surface area contributed by atoms with Crippen molar-refractivity contribution in [2.75, 3.05) is 6.54 Å². The number of para-hydroxylation sites is 1. The third kappa shape index (κ3) is 1.58. The van der Waals surface area contributed by atoms with E-state index in [0.717, 1.165) is 36.5 Å². The summed E-state index contributed by atoms with van der Waals surface area (Å²) in [6.45, 7) is 2.52. The van der Waals surface area contributed by atoms with Crippen LogP contribution >= 0.6 is 0 Å². The number of hydrogen-bond acceptors (Lipinski definition) is 3. The Kier molecular flexibility index (Phi) is 2.22. The van der Waals surface area contributed by atoms with Crippen LogP contribution in [0.2, 0.25) is 0 Å². The molecule has 4 nitrogen and oxygen atoms in total. The van der Waals surface area contributed by atoms with Crippen LogP contribution in [-0.2, 0) is 13.1 Å². The van der Waals surface area contributed by atoms with E-state index in [0.29, 0.717) is 11.3 Å². The average Bonchev–Trinajstić information content (AvgIpc) is 3.02. The number of nitrogens with one attached hydrogen (secondary N) is 1. The molecule has 1 aliphatic rings. The van der Waals surface area contributed by atoms with Crippen LogP contribution in [0.25, 0.3) is 22.4 Å². The van der Waals surface area contributed by atoms with E-state index >= 15 is 0 Å².